The zero-order valence-corrected chi connectivity index (χ0v) is 22.2. The molecule has 0 aromatic heterocycles. The lowest BCUT2D eigenvalue weighted by atomic mass is 10.1. The van der Waals surface area contributed by atoms with Crippen LogP contribution in [0.3, 0.4) is 0 Å². The topological polar surface area (TPSA) is 86.8 Å². The van der Waals surface area contributed by atoms with Crippen LogP contribution in [-0.4, -0.2) is 50.5 Å². The molecular formula is C25H34ClN3O4S. The van der Waals surface area contributed by atoms with Crippen molar-refractivity contribution < 1.29 is 18.0 Å². The van der Waals surface area contributed by atoms with Crippen molar-refractivity contribution in [1.29, 1.82) is 0 Å². The van der Waals surface area contributed by atoms with Gasteiger partial charge in [0.2, 0.25) is 21.8 Å². The molecule has 186 valence electrons. The average molecular weight is 508 g/mol. The third-order valence-electron chi connectivity index (χ3n) is 5.61. The number of hydrogen-bond acceptors (Lipinski definition) is 4. The maximum atomic E-state index is 13.5. The molecule has 0 aliphatic heterocycles. The predicted octanol–water partition coefficient (Wildman–Crippen LogP) is 3.91. The summed E-state index contributed by atoms with van der Waals surface area (Å²) < 4.78 is 26.3. The molecule has 7 nitrogen and oxygen atoms in total. The SMILES string of the molecule is Cc1ccc(N(CC(=O)N(Cc2ccccc2Cl)[C@@H](C)C(=O)NCC(C)C)S(C)(=O)=O)cc1C. The molecule has 2 aromatic rings. The largest absolute Gasteiger partial charge is 0.354 e. The molecule has 0 fully saturated rings. The summed E-state index contributed by atoms with van der Waals surface area (Å²) in [5, 5.41) is 3.31. The lowest BCUT2D eigenvalue weighted by Gasteiger charge is -2.32. The van der Waals surface area contributed by atoms with E-state index in [1.807, 2.05) is 33.8 Å². The van der Waals surface area contributed by atoms with E-state index >= 15 is 0 Å². The molecule has 0 heterocycles. The van der Waals surface area contributed by atoms with Gasteiger partial charge in [0.15, 0.2) is 0 Å². The number of carbonyl (C=O) groups is 2. The summed E-state index contributed by atoms with van der Waals surface area (Å²) in [5.74, 6) is -0.573. The van der Waals surface area contributed by atoms with Gasteiger partial charge in [-0.25, -0.2) is 8.42 Å². The minimum atomic E-state index is -3.77. The molecule has 2 amide bonds. The first-order valence-electron chi connectivity index (χ1n) is 11.2. The van der Waals surface area contributed by atoms with E-state index in [1.54, 1.807) is 43.3 Å². The summed E-state index contributed by atoms with van der Waals surface area (Å²) in [4.78, 5) is 27.7. The molecule has 0 unspecified atom stereocenters. The molecule has 0 saturated carbocycles. The third kappa shape index (κ3) is 7.46. The Labute approximate surface area is 208 Å². The normalized spacial score (nSPS) is 12.4. The monoisotopic (exact) mass is 507 g/mol. The predicted molar refractivity (Wildman–Crippen MR) is 137 cm³/mol. The Morgan fingerprint density at radius 3 is 2.24 bits per heavy atom. The molecule has 0 aliphatic carbocycles. The van der Waals surface area contributed by atoms with Crippen molar-refractivity contribution >= 4 is 39.1 Å². The maximum Gasteiger partial charge on any atom is 0.244 e. The minimum Gasteiger partial charge on any atom is -0.354 e. The van der Waals surface area contributed by atoms with Crippen LogP contribution < -0.4 is 9.62 Å². The fourth-order valence-corrected chi connectivity index (χ4v) is 4.38. The Morgan fingerprint density at radius 2 is 1.68 bits per heavy atom. The summed E-state index contributed by atoms with van der Waals surface area (Å²) in [6.45, 7) is 9.49. The van der Waals surface area contributed by atoms with Gasteiger partial charge in [0.05, 0.1) is 11.9 Å². The van der Waals surface area contributed by atoms with Crippen LogP contribution in [-0.2, 0) is 26.2 Å². The molecule has 9 heteroatoms. The molecule has 2 rings (SSSR count). The van der Waals surface area contributed by atoms with E-state index in [-0.39, 0.29) is 18.4 Å². The van der Waals surface area contributed by atoms with Gasteiger partial charge >= 0.3 is 0 Å². The van der Waals surface area contributed by atoms with Crippen LogP contribution in [0, 0.1) is 19.8 Å². The van der Waals surface area contributed by atoms with E-state index in [1.165, 1.54) is 4.90 Å². The van der Waals surface area contributed by atoms with Crippen molar-refractivity contribution in [1.82, 2.24) is 10.2 Å². The number of halogens is 1. The minimum absolute atomic E-state index is 0.0687. The van der Waals surface area contributed by atoms with Crippen molar-refractivity contribution in [2.24, 2.45) is 5.92 Å². The smallest absolute Gasteiger partial charge is 0.244 e. The highest BCUT2D eigenvalue weighted by atomic mass is 35.5. The van der Waals surface area contributed by atoms with E-state index in [9.17, 15) is 18.0 Å². The average Bonchev–Trinajstić information content (AvgIpc) is 2.75. The summed E-state index contributed by atoms with van der Waals surface area (Å²) in [6.07, 6.45) is 1.06. The Balaban J connectivity index is 2.40. The van der Waals surface area contributed by atoms with E-state index in [2.05, 4.69) is 5.32 Å². The first-order chi connectivity index (χ1) is 15.8. The van der Waals surface area contributed by atoms with Crippen LogP contribution >= 0.6 is 11.6 Å². The van der Waals surface area contributed by atoms with Crippen molar-refractivity contribution in [3.8, 4) is 0 Å². The van der Waals surface area contributed by atoms with Gasteiger partial charge in [-0.15, -0.1) is 0 Å². The van der Waals surface area contributed by atoms with Crippen LogP contribution in [0.1, 0.15) is 37.5 Å². The number of hydrogen-bond donors (Lipinski definition) is 1. The van der Waals surface area contributed by atoms with E-state index in [0.717, 1.165) is 21.7 Å². The number of carbonyl (C=O) groups excluding carboxylic acids is 2. The number of anilines is 1. The molecule has 1 N–H and O–H groups in total. The summed E-state index contributed by atoms with van der Waals surface area (Å²) in [5.41, 5.74) is 2.99. The van der Waals surface area contributed by atoms with Gasteiger partial charge in [-0.1, -0.05) is 49.7 Å². The lowest BCUT2D eigenvalue weighted by Crippen LogP contribution is -2.51. The lowest BCUT2D eigenvalue weighted by molar-refractivity contribution is -0.139. The molecule has 0 saturated heterocycles. The van der Waals surface area contributed by atoms with Gasteiger partial charge in [-0.05, 0) is 61.6 Å². The van der Waals surface area contributed by atoms with E-state index in [0.29, 0.717) is 22.8 Å². The molecule has 34 heavy (non-hydrogen) atoms. The maximum absolute atomic E-state index is 13.5. The number of rotatable bonds is 10. The number of aryl methyl sites for hydroxylation is 2. The quantitative estimate of drug-likeness (QED) is 0.528. The van der Waals surface area contributed by atoms with Gasteiger partial charge in [0.1, 0.15) is 12.6 Å². The standard InChI is InChI=1S/C25H34ClN3O4S/c1-17(2)14-27-25(31)20(5)28(15-21-9-7-8-10-23(21)26)24(30)16-29(34(6,32)33)22-12-11-18(3)19(4)13-22/h7-13,17,20H,14-16H2,1-6H3,(H,27,31)/t20-/m0/s1. The Kier molecular flexibility index (Phi) is 9.53. The highest BCUT2D eigenvalue weighted by Gasteiger charge is 2.30. The van der Waals surface area contributed by atoms with Gasteiger partial charge in [-0.3, -0.25) is 13.9 Å². The number of sulfonamides is 1. The Bertz CT molecular complexity index is 1130. The summed E-state index contributed by atoms with van der Waals surface area (Å²) >= 11 is 6.32. The highest BCUT2D eigenvalue weighted by Crippen LogP contribution is 2.23. The first-order valence-corrected chi connectivity index (χ1v) is 13.4. The van der Waals surface area contributed by atoms with Gasteiger partial charge in [0, 0.05) is 18.1 Å². The fraction of sp³-hybridized carbons (Fsp3) is 0.440. The molecule has 0 bridgehead atoms. The van der Waals surface area contributed by atoms with Gasteiger partial charge < -0.3 is 10.2 Å². The van der Waals surface area contributed by atoms with Gasteiger partial charge in [0.25, 0.3) is 0 Å². The van der Waals surface area contributed by atoms with Crippen LogP contribution in [0.2, 0.25) is 5.02 Å². The van der Waals surface area contributed by atoms with Crippen molar-refractivity contribution in [3.63, 3.8) is 0 Å². The number of amides is 2. The van der Waals surface area contributed by atoms with E-state index in [4.69, 9.17) is 11.6 Å². The molecule has 0 aliphatic rings. The van der Waals surface area contributed by atoms with Crippen LogP contribution in [0.5, 0.6) is 0 Å². The fourth-order valence-electron chi connectivity index (χ4n) is 3.34. The van der Waals surface area contributed by atoms with Crippen LogP contribution in [0.15, 0.2) is 42.5 Å². The molecule has 0 radical (unpaired) electrons. The second-order valence-corrected chi connectivity index (χ2v) is 11.3. The molecule has 1 atom stereocenters. The second-order valence-electron chi connectivity index (χ2n) is 8.97. The van der Waals surface area contributed by atoms with E-state index < -0.39 is 28.5 Å². The second kappa shape index (κ2) is 11.7. The first kappa shape index (κ1) is 27.7. The Hall–Kier alpha value is -2.58. The zero-order valence-electron chi connectivity index (χ0n) is 20.6. The summed E-state index contributed by atoms with van der Waals surface area (Å²) in [6, 6.07) is 11.5. The highest BCUT2D eigenvalue weighted by molar-refractivity contribution is 7.92. The van der Waals surface area contributed by atoms with Crippen molar-refractivity contribution in [2.45, 2.75) is 47.2 Å². The van der Waals surface area contributed by atoms with Crippen LogP contribution in [0.25, 0.3) is 0 Å². The Morgan fingerprint density at radius 1 is 1.03 bits per heavy atom. The number of benzene rings is 2. The number of nitrogens with one attached hydrogen (secondary N) is 1. The molecular weight excluding hydrogens is 474 g/mol. The van der Waals surface area contributed by atoms with Crippen molar-refractivity contribution in [3.05, 3.63) is 64.2 Å². The van der Waals surface area contributed by atoms with Crippen molar-refractivity contribution in [2.75, 3.05) is 23.7 Å². The molecule has 2 aromatic carbocycles. The third-order valence-corrected chi connectivity index (χ3v) is 7.12. The summed E-state index contributed by atoms with van der Waals surface area (Å²) in [7, 11) is -3.77. The van der Waals surface area contributed by atoms with Gasteiger partial charge in [-0.2, -0.15) is 0 Å². The van der Waals surface area contributed by atoms with Crippen LogP contribution in [0.4, 0.5) is 5.69 Å². The number of nitrogens with zero attached hydrogens (tertiary/aromatic N) is 2. The molecule has 0 spiro atoms. The zero-order chi connectivity index (χ0) is 25.6.